The molecule has 0 aliphatic carbocycles. The van der Waals surface area contributed by atoms with E-state index in [1.54, 1.807) is 36.4 Å². The topological polar surface area (TPSA) is 128 Å². The van der Waals surface area contributed by atoms with Crippen molar-refractivity contribution in [2.24, 2.45) is 0 Å². The smallest absolute Gasteiger partial charge is 0.339 e. The molecule has 40 heavy (non-hydrogen) atoms. The highest BCUT2D eigenvalue weighted by molar-refractivity contribution is 14.1. The van der Waals surface area contributed by atoms with Crippen LogP contribution >= 0.6 is 22.6 Å². The molecule has 12 heteroatoms. The Balaban J connectivity index is 1.65. The number of halogens is 1. The van der Waals surface area contributed by atoms with Gasteiger partial charge >= 0.3 is 16.1 Å². The molecule has 0 bridgehead atoms. The summed E-state index contributed by atoms with van der Waals surface area (Å²) in [5.74, 6) is -1.10. The van der Waals surface area contributed by atoms with Crippen molar-refractivity contribution in [1.29, 1.82) is 0 Å². The molecule has 0 radical (unpaired) electrons. The third-order valence-electron chi connectivity index (χ3n) is 5.73. The van der Waals surface area contributed by atoms with Crippen molar-refractivity contribution in [3.05, 3.63) is 80.9 Å². The van der Waals surface area contributed by atoms with Crippen molar-refractivity contribution in [3.8, 4) is 17.2 Å². The third kappa shape index (κ3) is 6.28. The summed E-state index contributed by atoms with van der Waals surface area (Å²) in [4.78, 5) is 39.3. The fourth-order valence-electron chi connectivity index (χ4n) is 3.74. The summed E-state index contributed by atoms with van der Waals surface area (Å²) in [6.45, 7) is 4.33. The second kappa shape index (κ2) is 12.1. The van der Waals surface area contributed by atoms with Crippen molar-refractivity contribution >= 4 is 62.3 Å². The van der Waals surface area contributed by atoms with Gasteiger partial charge in [0.25, 0.3) is 11.8 Å². The number of barbiturate groups is 1. The molecule has 10 nitrogen and oxygen atoms in total. The van der Waals surface area contributed by atoms with Crippen molar-refractivity contribution in [1.82, 2.24) is 5.32 Å². The lowest BCUT2D eigenvalue weighted by molar-refractivity contribution is -0.122. The third-order valence-corrected chi connectivity index (χ3v) is 7.77. The number of nitrogens with zero attached hydrogens (tertiary/aromatic N) is 1. The van der Waals surface area contributed by atoms with Crippen molar-refractivity contribution in [2.45, 2.75) is 25.2 Å². The van der Waals surface area contributed by atoms with Gasteiger partial charge in [-0.15, -0.1) is 0 Å². The van der Waals surface area contributed by atoms with Crippen molar-refractivity contribution in [2.75, 3.05) is 18.6 Å². The van der Waals surface area contributed by atoms with E-state index in [0.29, 0.717) is 21.5 Å². The molecule has 1 heterocycles. The predicted molar refractivity (Wildman–Crippen MR) is 156 cm³/mol. The van der Waals surface area contributed by atoms with Gasteiger partial charge in [0.2, 0.25) is 0 Å². The van der Waals surface area contributed by atoms with Crippen LogP contribution < -0.4 is 23.9 Å². The van der Waals surface area contributed by atoms with Gasteiger partial charge in [-0.05, 0) is 96.1 Å². The SMILES string of the molecule is CCCOc1ccc(N2C(=O)NC(=O)/C(=C/c3cc(I)c(OS(=O)(=O)c4ccc(C)cc4)c(OC)c3)C2=O)cc1. The van der Waals surface area contributed by atoms with Crippen LogP contribution in [-0.4, -0.2) is 40.0 Å². The van der Waals surface area contributed by atoms with E-state index in [4.69, 9.17) is 13.7 Å². The maximum Gasteiger partial charge on any atom is 0.339 e. The summed E-state index contributed by atoms with van der Waals surface area (Å²) >= 11 is 1.87. The lowest BCUT2D eigenvalue weighted by Crippen LogP contribution is -2.54. The molecule has 1 aliphatic rings. The maximum atomic E-state index is 13.3. The summed E-state index contributed by atoms with van der Waals surface area (Å²) in [7, 11) is -2.83. The van der Waals surface area contributed by atoms with Gasteiger partial charge in [-0.25, -0.2) is 9.69 Å². The molecule has 3 aromatic carbocycles. The number of rotatable bonds is 9. The van der Waals surface area contributed by atoms with Crippen LogP contribution in [0.5, 0.6) is 17.2 Å². The van der Waals surface area contributed by atoms with Crippen LogP contribution in [0.3, 0.4) is 0 Å². The van der Waals surface area contributed by atoms with E-state index in [1.165, 1.54) is 37.5 Å². The molecule has 1 fully saturated rings. The largest absolute Gasteiger partial charge is 0.494 e. The number of imide groups is 2. The lowest BCUT2D eigenvalue weighted by atomic mass is 10.1. The highest BCUT2D eigenvalue weighted by atomic mass is 127. The number of anilines is 1. The summed E-state index contributed by atoms with van der Waals surface area (Å²) in [5, 5.41) is 2.18. The molecule has 1 aliphatic heterocycles. The Morgan fingerprint density at radius 2 is 1.68 bits per heavy atom. The first kappa shape index (κ1) is 29.1. The molecule has 3 aromatic rings. The van der Waals surface area contributed by atoms with Crippen LogP contribution in [0.1, 0.15) is 24.5 Å². The van der Waals surface area contributed by atoms with Crippen LogP contribution in [0.15, 0.2) is 71.1 Å². The Morgan fingerprint density at radius 3 is 2.30 bits per heavy atom. The predicted octanol–water partition coefficient (Wildman–Crippen LogP) is 4.83. The zero-order valence-corrected chi connectivity index (χ0v) is 24.7. The summed E-state index contributed by atoms with van der Waals surface area (Å²) < 4.78 is 42.4. The molecule has 4 rings (SSSR count). The van der Waals surface area contributed by atoms with Gasteiger partial charge in [-0.1, -0.05) is 24.6 Å². The first-order chi connectivity index (χ1) is 19.0. The molecule has 0 aromatic heterocycles. The Labute approximate surface area is 245 Å². The van der Waals surface area contributed by atoms with E-state index in [2.05, 4.69) is 5.32 Å². The molecule has 0 unspecified atom stereocenters. The quantitative estimate of drug-likeness (QED) is 0.148. The van der Waals surface area contributed by atoms with Gasteiger partial charge < -0.3 is 13.7 Å². The average molecular weight is 676 g/mol. The van der Waals surface area contributed by atoms with Crippen LogP contribution in [0.25, 0.3) is 6.08 Å². The van der Waals surface area contributed by atoms with Crippen molar-refractivity contribution in [3.63, 3.8) is 0 Å². The molecular formula is C28H25IN2O8S. The fraction of sp³-hybridized carbons (Fsp3) is 0.179. The van der Waals surface area contributed by atoms with E-state index in [9.17, 15) is 22.8 Å². The molecule has 1 saturated heterocycles. The van der Waals surface area contributed by atoms with E-state index >= 15 is 0 Å². The number of nitrogens with one attached hydrogen (secondary N) is 1. The molecule has 4 amide bonds. The summed E-state index contributed by atoms with van der Waals surface area (Å²) in [5.41, 5.74) is 1.19. The average Bonchev–Trinajstić information content (AvgIpc) is 2.92. The minimum Gasteiger partial charge on any atom is -0.494 e. The van der Waals surface area contributed by atoms with Gasteiger partial charge in [0, 0.05) is 0 Å². The minimum atomic E-state index is -4.17. The van der Waals surface area contributed by atoms with Crippen LogP contribution in [-0.2, 0) is 19.7 Å². The molecule has 0 saturated carbocycles. The highest BCUT2D eigenvalue weighted by Crippen LogP contribution is 2.37. The second-order valence-electron chi connectivity index (χ2n) is 8.68. The standard InChI is InChI=1S/C28H25IN2O8S/c1-4-13-38-20-9-7-19(8-10-20)31-27(33)22(26(32)30-28(31)34)14-18-15-23(29)25(24(16-18)37-3)39-40(35,36)21-11-5-17(2)6-12-21/h5-12,14-16H,4,13H2,1-3H3,(H,30,32,34)/b22-14-. The van der Waals surface area contributed by atoms with Gasteiger partial charge in [-0.3, -0.25) is 14.9 Å². The number of hydrogen-bond donors (Lipinski definition) is 1. The number of hydrogen-bond acceptors (Lipinski definition) is 8. The van der Waals surface area contributed by atoms with Crippen LogP contribution in [0.4, 0.5) is 10.5 Å². The molecule has 0 spiro atoms. The van der Waals surface area contributed by atoms with E-state index in [1.807, 2.05) is 36.4 Å². The molecule has 1 N–H and O–H groups in total. The Bertz CT molecular complexity index is 1600. The Kier molecular flexibility index (Phi) is 8.79. The Morgan fingerprint density at radius 1 is 1.00 bits per heavy atom. The highest BCUT2D eigenvalue weighted by Gasteiger charge is 2.37. The second-order valence-corrected chi connectivity index (χ2v) is 11.4. The number of carbonyl (C=O) groups excluding carboxylic acids is 3. The summed E-state index contributed by atoms with van der Waals surface area (Å²) in [6, 6.07) is 14.6. The summed E-state index contributed by atoms with van der Waals surface area (Å²) in [6.07, 6.45) is 2.11. The van der Waals surface area contributed by atoms with Gasteiger partial charge in [0.15, 0.2) is 11.5 Å². The van der Waals surface area contributed by atoms with Crippen molar-refractivity contribution < 1.29 is 36.5 Å². The van der Waals surface area contributed by atoms with Gasteiger partial charge in [0.1, 0.15) is 16.2 Å². The number of carbonyl (C=O) groups is 3. The van der Waals surface area contributed by atoms with E-state index in [0.717, 1.165) is 16.9 Å². The first-order valence-electron chi connectivity index (χ1n) is 12.1. The fourth-order valence-corrected chi connectivity index (χ4v) is 5.58. The number of benzene rings is 3. The molecular weight excluding hydrogens is 651 g/mol. The van der Waals surface area contributed by atoms with Gasteiger partial charge in [-0.2, -0.15) is 8.42 Å². The number of amides is 4. The number of urea groups is 1. The van der Waals surface area contributed by atoms with E-state index in [-0.39, 0.29) is 27.7 Å². The van der Waals surface area contributed by atoms with E-state index < -0.39 is 28.0 Å². The van der Waals surface area contributed by atoms with Gasteiger partial charge in [0.05, 0.1) is 23.0 Å². The normalized spacial score (nSPS) is 14.8. The Hall–Kier alpha value is -3.91. The zero-order valence-electron chi connectivity index (χ0n) is 21.8. The lowest BCUT2D eigenvalue weighted by Gasteiger charge is -2.26. The minimum absolute atomic E-state index is 0.0265. The zero-order chi connectivity index (χ0) is 29.0. The van der Waals surface area contributed by atoms with Crippen LogP contribution in [0.2, 0.25) is 0 Å². The monoisotopic (exact) mass is 676 g/mol. The number of aryl methyl sites for hydroxylation is 1. The number of methoxy groups -OCH3 is 1. The molecule has 0 atom stereocenters. The first-order valence-corrected chi connectivity index (χ1v) is 14.6. The number of ether oxygens (including phenoxy) is 2. The van der Waals surface area contributed by atoms with Crippen LogP contribution in [0, 0.1) is 10.5 Å². The molecule has 208 valence electrons. The maximum absolute atomic E-state index is 13.3.